The minimum Gasteiger partial charge on any atom is -0.240 e. The monoisotopic (exact) mass is 258 g/mol. The van der Waals surface area contributed by atoms with E-state index in [2.05, 4.69) is 56.4 Å². The summed E-state index contributed by atoms with van der Waals surface area (Å²) < 4.78 is 0. The van der Waals surface area contributed by atoms with Crippen LogP contribution >= 0.6 is 12.6 Å². The minimum absolute atomic E-state index is 0.566. The van der Waals surface area contributed by atoms with E-state index in [-0.39, 0.29) is 0 Å². The van der Waals surface area contributed by atoms with Gasteiger partial charge in [0.15, 0.2) is 0 Å². The largest absolute Gasteiger partial charge is 0.240 e. The molecule has 0 saturated heterocycles. The Bertz CT molecular complexity index is 565. The van der Waals surface area contributed by atoms with E-state index < -0.39 is 0 Å². The molecular weight excluding hydrogens is 240 g/mol. The number of nitrogens with zero attached hydrogens (tertiary/aromatic N) is 2. The van der Waals surface area contributed by atoms with E-state index in [0.717, 1.165) is 11.5 Å². The molecule has 0 aliphatic rings. The van der Waals surface area contributed by atoms with Gasteiger partial charge in [0, 0.05) is 11.8 Å². The third-order valence-corrected chi connectivity index (χ3v) is 3.75. The Morgan fingerprint density at radius 3 is 2.22 bits per heavy atom. The van der Waals surface area contributed by atoms with Crippen LogP contribution in [0.5, 0.6) is 0 Å². The number of rotatable bonds is 2. The molecule has 0 radical (unpaired) electrons. The van der Waals surface area contributed by atoms with Crippen LogP contribution in [0.4, 0.5) is 0 Å². The molecule has 1 aromatic heterocycles. The highest BCUT2D eigenvalue weighted by molar-refractivity contribution is 7.79. The van der Waals surface area contributed by atoms with E-state index in [9.17, 15) is 0 Å². The van der Waals surface area contributed by atoms with Gasteiger partial charge < -0.3 is 0 Å². The predicted octanol–water partition coefficient (Wildman–Crippen LogP) is 3.81. The molecule has 0 aliphatic heterocycles. The summed E-state index contributed by atoms with van der Waals surface area (Å²) in [7, 11) is 0. The highest BCUT2D eigenvalue weighted by Crippen LogP contribution is 2.30. The Hall–Kier alpha value is -1.35. The van der Waals surface area contributed by atoms with Crippen molar-refractivity contribution >= 4 is 12.6 Å². The minimum atomic E-state index is 0.566. The lowest BCUT2D eigenvalue weighted by Gasteiger charge is -2.15. The second kappa shape index (κ2) is 5.11. The van der Waals surface area contributed by atoms with Crippen molar-refractivity contribution in [3.8, 4) is 11.3 Å². The van der Waals surface area contributed by atoms with Gasteiger partial charge in [-0.15, -0.1) is 0 Å². The van der Waals surface area contributed by atoms with E-state index in [1.54, 1.807) is 0 Å². The van der Waals surface area contributed by atoms with Gasteiger partial charge in [0.2, 0.25) is 0 Å². The maximum Gasteiger partial charge on any atom is 0.138 e. The second-order valence-electron chi connectivity index (χ2n) is 4.65. The average Bonchev–Trinajstić information content (AvgIpc) is 2.37. The molecule has 0 fully saturated rings. The summed E-state index contributed by atoms with van der Waals surface area (Å²) in [5, 5.41) is 0. The van der Waals surface area contributed by atoms with Gasteiger partial charge >= 0.3 is 0 Å². The Labute approximate surface area is 114 Å². The standard InChI is InChI=1S/C15H18N2S/c1-9-7-10(2)12(4)15(11(9)3)13-5-6-16-14(8-18)17-13/h5-7,18H,8H2,1-4H3. The Morgan fingerprint density at radius 1 is 1.06 bits per heavy atom. The van der Waals surface area contributed by atoms with E-state index in [1.165, 1.54) is 27.8 Å². The molecule has 3 heteroatoms. The number of hydrogen-bond acceptors (Lipinski definition) is 3. The lowest BCUT2D eigenvalue weighted by atomic mass is 9.92. The van der Waals surface area contributed by atoms with Crippen LogP contribution in [0.15, 0.2) is 18.3 Å². The highest BCUT2D eigenvalue weighted by atomic mass is 32.1. The lowest BCUT2D eigenvalue weighted by molar-refractivity contribution is 1.04. The molecule has 0 spiro atoms. The van der Waals surface area contributed by atoms with Crippen LogP contribution < -0.4 is 0 Å². The topological polar surface area (TPSA) is 25.8 Å². The number of hydrogen-bond donors (Lipinski definition) is 1. The maximum atomic E-state index is 4.58. The van der Waals surface area contributed by atoms with Gasteiger partial charge in [0.25, 0.3) is 0 Å². The van der Waals surface area contributed by atoms with E-state index in [4.69, 9.17) is 0 Å². The number of aromatic nitrogens is 2. The highest BCUT2D eigenvalue weighted by Gasteiger charge is 2.12. The number of aryl methyl sites for hydroxylation is 2. The molecule has 0 aliphatic carbocycles. The molecule has 1 aromatic carbocycles. The summed E-state index contributed by atoms with van der Waals surface area (Å²) >= 11 is 4.24. The molecule has 2 nitrogen and oxygen atoms in total. The first-order chi connectivity index (χ1) is 8.54. The van der Waals surface area contributed by atoms with Gasteiger partial charge in [0.1, 0.15) is 5.82 Å². The number of thiol groups is 1. The van der Waals surface area contributed by atoms with Gasteiger partial charge in [-0.25, -0.2) is 9.97 Å². The summed E-state index contributed by atoms with van der Waals surface area (Å²) in [6.45, 7) is 8.59. The first kappa shape index (κ1) is 13.1. The first-order valence-electron chi connectivity index (χ1n) is 6.05. The first-order valence-corrected chi connectivity index (χ1v) is 6.68. The third-order valence-electron chi connectivity index (χ3n) is 3.47. The molecule has 0 saturated carbocycles. The molecule has 0 N–H and O–H groups in total. The van der Waals surface area contributed by atoms with Crippen molar-refractivity contribution in [2.24, 2.45) is 0 Å². The summed E-state index contributed by atoms with van der Waals surface area (Å²) in [4.78, 5) is 8.78. The smallest absolute Gasteiger partial charge is 0.138 e. The average molecular weight is 258 g/mol. The third kappa shape index (κ3) is 2.27. The van der Waals surface area contributed by atoms with Crippen LogP contribution in [-0.4, -0.2) is 9.97 Å². The van der Waals surface area contributed by atoms with Gasteiger partial charge in [-0.2, -0.15) is 12.6 Å². The van der Waals surface area contributed by atoms with Crippen LogP contribution in [-0.2, 0) is 5.75 Å². The van der Waals surface area contributed by atoms with Crippen molar-refractivity contribution in [3.63, 3.8) is 0 Å². The van der Waals surface area contributed by atoms with E-state index in [0.29, 0.717) is 5.75 Å². The molecule has 0 bridgehead atoms. The Balaban J connectivity index is 2.70. The summed E-state index contributed by atoms with van der Waals surface area (Å²) in [5.74, 6) is 1.34. The summed E-state index contributed by atoms with van der Waals surface area (Å²) in [6, 6.07) is 4.20. The quantitative estimate of drug-likeness (QED) is 0.829. The lowest BCUT2D eigenvalue weighted by Crippen LogP contribution is -1.99. The van der Waals surface area contributed by atoms with Crippen molar-refractivity contribution in [2.45, 2.75) is 33.4 Å². The summed E-state index contributed by atoms with van der Waals surface area (Å²) in [6.07, 6.45) is 1.81. The molecule has 94 valence electrons. The molecule has 0 unspecified atom stereocenters. The van der Waals surface area contributed by atoms with Crippen LogP contribution in [0.3, 0.4) is 0 Å². The van der Waals surface area contributed by atoms with Gasteiger partial charge in [0.05, 0.1) is 11.4 Å². The fraction of sp³-hybridized carbons (Fsp3) is 0.333. The zero-order valence-corrected chi connectivity index (χ0v) is 12.2. The maximum absolute atomic E-state index is 4.58. The van der Waals surface area contributed by atoms with Gasteiger partial charge in [-0.05, 0) is 56.0 Å². The van der Waals surface area contributed by atoms with E-state index in [1.807, 2.05) is 12.3 Å². The molecular formula is C15H18N2S. The second-order valence-corrected chi connectivity index (χ2v) is 4.97. The van der Waals surface area contributed by atoms with Crippen molar-refractivity contribution in [1.29, 1.82) is 0 Å². The van der Waals surface area contributed by atoms with Crippen LogP contribution in [0.2, 0.25) is 0 Å². The van der Waals surface area contributed by atoms with E-state index >= 15 is 0 Å². The zero-order chi connectivity index (χ0) is 13.3. The predicted molar refractivity (Wildman–Crippen MR) is 79.1 cm³/mol. The molecule has 2 rings (SSSR count). The number of benzene rings is 1. The fourth-order valence-electron chi connectivity index (χ4n) is 2.22. The van der Waals surface area contributed by atoms with Crippen LogP contribution in [0.25, 0.3) is 11.3 Å². The van der Waals surface area contributed by atoms with Crippen molar-refractivity contribution in [2.75, 3.05) is 0 Å². The fourth-order valence-corrected chi connectivity index (χ4v) is 2.37. The molecule has 2 aromatic rings. The van der Waals surface area contributed by atoms with Gasteiger partial charge in [-0.3, -0.25) is 0 Å². The van der Waals surface area contributed by atoms with Gasteiger partial charge in [-0.1, -0.05) is 6.07 Å². The normalized spacial score (nSPS) is 10.7. The SMILES string of the molecule is Cc1cc(C)c(C)c(-c2ccnc(CS)n2)c1C. The Kier molecular flexibility index (Phi) is 3.71. The summed E-state index contributed by atoms with van der Waals surface area (Å²) in [5.41, 5.74) is 7.43. The Morgan fingerprint density at radius 2 is 1.67 bits per heavy atom. The van der Waals surface area contributed by atoms with Crippen molar-refractivity contribution in [3.05, 3.63) is 46.4 Å². The molecule has 0 amide bonds. The molecule has 1 heterocycles. The molecule has 18 heavy (non-hydrogen) atoms. The molecule has 0 atom stereocenters. The van der Waals surface area contributed by atoms with Crippen molar-refractivity contribution < 1.29 is 0 Å². The van der Waals surface area contributed by atoms with Crippen LogP contribution in [0.1, 0.15) is 28.1 Å². The zero-order valence-electron chi connectivity index (χ0n) is 11.3. The van der Waals surface area contributed by atoms with Crippen LogP contribution in [0, 0.1) is 27.7 Å². The van der Waals surface area contributed by atoms with Crippen molar-refractivity contribution in [1.82, 2.24) is 9.97 Å².